The molecule has 2 aliphatic heterocycles. The fourth-order valence-electron chi connectivity index (χ4n) is 8.79. The molecule has 2 bridgehead atoms. The maximum absolute atomic E-state index is 7.44. The molecule has 0 radical (unpaired) electrons. The van der Waals surface area contributed by atoms with Crippen LogP contribution in [-0.2, 0) is 4.74 Å². The van der Waals surface area contributed by atoms with E-state index < -0.39 is 0 Å². The Labute approximate surface area is 197 Å². The van der Waals surface area contributed by atoms with Gasteiger partial charge in [0.2, 0.25) is 0 Å². The molecule has 3 nitrogen and oxygen atoms in total. The van der Waals surface area contributed by atoms with Crippen LogP contribution in [0, 0.1) is 11.3 Å². The van der Waals surface area contributed by atoms with Gasteiger partial charge in [-0.3, -0.25) is 4.98 Å². The second kappa shape index (κ2) is 6.79. The van der Waals surface area contributed by atoms with E-state index in [2.05, 4.69) is 73.5 Å². The maximum Gasteiger partial charge on any atom is 0.0956 e. The van der Waals surface area contributed by atoms with Gasteiger partial charge in [-0.15, -0.1) is 0 Å². The molecule has 5 aliphatic rings. The van der Waals surface area contributed by atoms with Crippen LogP contribution in [0.5, 0.6) is 0 Å². The molecular weight excluding hydrogens is 404 g/mol. The summed E-state index contributed by atoms with van der Waals surface area (Å²) in [6, 6.07) is 9.62. The molecule has 1 aromatic heterocycles. The largest absolute Gasteiger partial charge is 0.359 e. The molecule has 6 atom stereocenters. The van der Waals surface area contributed by atoms with Gasteiger partial charge in [-0.05, 0) is 111 Å². The standard InChI is InChI=1S/C30H36N2O/c1-28-13-11-22-17-21-7-8-23(32(2)3)18-29(21)14-15-30(22,33-29)27(28)10-9-26(28)24-6-4-5-20-12-16-31-19-25(20)24/h4-7,12,16-17,19,23,26-27H,8-11,13-15,18H2,1-3H3/t23-,26-,27-,28-,29-,30-/m1/s1. The number of nitrogens with zero attached hydrogens (tertiary/aromatic N) is 2. The van der Waals surface area contributed by atoms with Crippen LogP contribution in [-0.4, -0.2) is 41.2 Å². The van der Waals surface area contributed by atoms with E-state index in [0.29, 0.717) is 17.9 Å². The number of rotatable bonds is 2. The SMILES string of the molecule is CN(C)[C@@H]1CC=C2C=C3CC[C@]4(C)[C@@H](c5cccc6ccncc56)CC[C@H]4[C@@]34CC[C@]2(C1)O4. The highest BCUT2D eigenvalue weighted by molar-refractivity contribution is 5.85. The van der Waals surface area contributed by atoms with Crippen LogP contribution in [0.3, 0.4) is 0 Å². The van der Waals surface area contributed by atoms with Gasteiger partial charge in [-0.25, -0.2) is 0 Å². The molecule has 7 rings (SSSR count). The molecule has 3 fully saturated rings. The zero-order chi connectivity index (χ0) is 22.4. The molecule has 33 heavy (non-hydrogen) atoms. The first kappa shape index (κ1) is 20.4. The Hall–Kier alpha value is -1.97. The van der Waals surface area contributed by atoms with E-state index in [1.54, 1.807) is 5.57 Å². The third-order valence-corrected chi connectivity index (χ3v) is 10.5. The van der Waals surface area contributed by atoms with Crippen molar-refractivity contribution >= 4 is 10.8 Å². The molecule has 1 aromatic carbocycles. The first-order chi connectivity index (χ1) is 16.0. The Bertz CT molecular complexity index is 1190. The van der Waals surface area contributed by atoms with Crippen LogP contribution >= 0.6 is 0 Å². The number of fused-ring (bicyclic) bond motifs is 2. The number of hydrogen-bond donors (Lipinski definition) is 0. The van der Waals surface area contributed by atoms with Gasteiger partial charge in [0.25, 0.3) is 0 Å². The molecule has 2 spiro atoms. The fraction of sp³-hybridized carbons (Fsp3) is 0.567. The highest BCUT2D eigenvalue weighted by atomic mass is 16.5. The van der Waals surface area contributed by atoms with Crippen molar-refractivity contribution in [2.24, 2.45) is 11.3 Å². The molecule has 0 N–H and O–H groups in total. The Morgan fingerprint density at radius 3 is 2.88 bits per heavy atom. The fourth-order valence-corrected chi connectivity index (χ4v) is 8.79. The summed E-state index contributed by atoms with van der Waals surface area (Å²) in [5.41, 5.74) is 4.84. The van der Waals surface area contributed by atoms with Gasteiger partial charge >= 0.3 is 0 Å². The maximum atomic E-state index is 7.44. The van der Waals surface area contributed by atoms with Crippen molar-refractivity contribution in [2.75, 3.05) is 14.1 Å². The van der Waals surface area contributed by atoms with Crippen LogP contribution in [0.1, 0.15) is 69.8 Å². The summed E-state index contributed by atoms with van der Waals surface area (Å²) in [6.07, 6.45) is 18.9. The van der Waals surface area contributed by atoms with Crippen molar-refractivity contribution < 1.29 is 4.74 Å². The van der Waals surface area contributed by atoms with E-state index in [1.165, 1.54) is 60.4 Å². The van der Waals surface area contributed by atoms with Crippen molar-refractivity contribution in [1.29, 1.82) is 0 Å². The predicted molar refractivity (Wildman–Crippen MR) is 133 cm³/mol. The summed E-state index contributed by atoms with van der Waals surface area (Å²) >= 11 is 0. The summed E-state index contributed by atoms with van der Waals surface area (Å²) in [6.45, 7) is 2.60. The molecule has 3 heterocycles. The number of ether oxygens (including phenoxy) is 1. The number of hydrogen-bond acceptors (Lipinski definition) is 3. The molecular formula is C30H36N2O. The van der Waals surface area contributed by atoms with Crippen LogP contribution in [0.4, 0.5) is 0 Å². The summed E-state index contributed by atoms with van der Waals surface area (Å²) in [4.78, 5) is 6.90. The molecule has 2 aromatic rings. The highest BCUT2D eigenvalue weighted by Gasteiger charge is 2.67. The smallest absolute Gasteiger partial charge is 0.0956 e. The summed E-state index contributed by atoms with van der Waals surface area (Å²) in [5.74, 6) is 1.20. The topological polar surface area (TPSA) is 25.4 Å². The van der Waals surface area contributed by atoms with E-state index in [4.69, 9.17) is 4.74 Å². The number of pyridine rings is 1. The molecule has 172 valence electrons. The van der Waals surface area contributed by atoms with Crippen molar-refractivity contribution in [2.45, 2.75) is 81.5 Å². The second-order valence-corrected chi connectivity index (χ2v) is 12.0. The first-order valence-electron chi connectivity index (χ1n) is 13.1. The quantitative estimate of drug-likeness (QED) is 0.540. The lowest BCUT2D eigenvalue weighted by Gasteiger charge is -2.55. The monoisotopic (exact) mass is 440 g/mol. The van der Waals surface area contributed by atoms with E-state index in [9.17, 15) is 0 Å². The van der Waals surface area contributed by atoms with Crippen molar-refractivity contribution in [3.05, 3.63) is 65.5 Å². The van der Waals surface area contributed by atoms with E-state index >= 15 is 0 Å². The van der Waals surface area contributed by atoms with Gasteiger partial charge in [0, 0.05) is 23.8 Å². The average molecular weight is 441 g/mol. The molecule has 1 saturated heterocycles. The Balaban J connectivity index is 1.30. The molecule has 3 heteroatoms. The zero-order valence-electron chi connectivity index (χ0n) is 20.3. The van der Waals surface area contributed by atoms with Gasteiger partial charge in [0.05, 0.1) is 11.2 Å². The van der Waals surface area contributed by atoms with Gasteiger partial charge < -0.3 is 9.64 Å². The van der Waals surface area contributed by atoms with Crippen molar-refractivity contribution in [3.8, 4) is 0 Å². The van der Waals surface area contributed by atoms with Crippen LogP contribution in [0.2, 0.25) is 0 Å². The van der Waals surface area contributed by atoms with Crippen molar-refractivity contribution in [3.63, 3.8) is 0 Å². The van der Waals surface area contributed by atoms with E-state index in [0.717, 1.165) is 12.8 Å². The van der Waals surface area contributed by atoms with E-state index in [1.807, 2.05) is 6.20 Å². The lowest BCUT2D eigenvalue weighted by atomic mass is 9.56. The second-order valence-electron chi connectivity index (χ2n) is 12.0. The molecule has 2 saturated carbocycles. The van der Waals surface area contributed by atoms with Crippen molar-refractivity contribution in [1.82, 2.24) is 9.88 Å². The third-order valence-electron chi connectivity index (χ3n) is 10.5. The Kier molecular flexibility index (Phi) is 4.20. The molecule has 0 unspecified atom stereocenters. The Morgan fingerprint density at radius 2 is 2.00 bits per heavy atom. The first-order valence-corrected chi connectivity index (χ1v) is 13.1. The summed E-state index contributed by atoms with van der Waals surface area (Å²) < 4.78 is 7.44. The van der Waals surface area contributed by atoms with Crippen LogP contribution in [0.25, 0.3) is 10.8 Å². The summed E-state index contributed by atoms with van der Waals surface area (Å²) in [5, 5.41) is 2.68. The number of benzene rings is 1. The van der Waals surface area contributed by atoms with Crippen LogP contribution < -0.4 is 0 Å². The predicted octanol–water partition coefficient (Wildman–Crippen LogP) is 6.41. The molecule has 3 aliphatic carbocycles. The van der Waals surface area contributed by atoms with Gasteiger partial charge in [0.15, 0.2) is 0 Å². The van der Waals surface area contributed by atoms with Gasteiger partial charge in [-0.2, -0.15) is 0 Å². The lowest BCUT2D eigenvalue weighted by molar-refractivity contribution is -0.144. The minimum atomic E-state index is -0.0453. The highest BCUT2D eigenvalue weighted by Crippen LogP contribution is 2.70. The van der Waals surface area contributed by atoms with Gasteiger partial charge in [-0.1, -0.05) is 37.3 Å². The third kappa shape index (κ3) is 2.61. The normalized spacial score (nSPS) is 41.4. The average Bonchev–Trinajstić information content (AvgIpc) is 3.33. The molecule has 0 amide bonds. The number of aromatic nitrogens is 1. The Morgan fingerprint density at radius 1 is 1.09 bits per heavy atom. The minimum absolute atomic E-state index is 0.0316. The van der Waals surface area contributed by atoms with Crippen LogP contribution in [0.15, 0.2) is 60.0 Å². The minimum Gasteiger partial charge on any atom is -0.359 e. The van der Waals surface area contributed by atoms with E-state index in [-0.39, 0.29) is 16.6 Å². The lowest BCUT2D eigenvalue weighted by Crippen LogP contribution is -2.55. The summed E-state index contributed by atoms with van der Waals surface area (Å²) in [7, 11) is 4.46. The zero-order valence-corrected chi connectivity index (χ0v) is 20.3. The van der Waals surface area contributed by atoms with Gasteiger partial charge in [0.1, 0.15) is 0 Å².